The fourth-order valence-electron chi connectivity index (χ4n) is 4.32. The van der Waals surface area contributed by atoms with Gasteiger partial charge in [-0.1, -0.05) is 0 Å². The Labute approximate surface area is 194 Å². The van der Waals surface area contributed by atoms with Gasteiger partial charge in [-0.2, -0.15) is 0 Å². The molecule has 1 fully saturated rings. The van der Waals surface area contributed by atoms with Crippen molar-refractivity contribution in [2.24, 2.45) is 0 Å². The van der Waals surface area contributed by atoms with Gasteiger partial charge in [0.2, 0.25) is 17.8 Å². The zero-order chi connectivity index (χ0) is 25.2. The third-order valence-electron chi connectivity index (χ3n) is 6.00. The van der Waals surface area contributed by atoms with E-state index in [-0.39, 0.29) is 50.0 Å². The van der Waals surface area contributed by atoms with E-state index in [4.69, 9.17) is 27.8 Å². The van der Waals surface area contributed by atoms with Crippen LogP contribution in [0.1, 0.15) is 0 Å². The Bertz CT molecular complexity index is 1530. The minimum atomic E-state index is -1.75. The lowest BCUT2D eigenvalue weighted by molar-refractivity contribution is -0.277. The summed E-state index contributed by atoms with van der Waals surface area (Å²) in [5, 5.41) is 50.1. The van der Waals surface area contributed by atoms with E-state index in [0.29, 0.717) is 0 Å². The summed E-state index contributed by atoms with van der Waals surface area (Å²) in [7, 11) is 2.49. The molecule has 13 heteroatoms. The number of phenols is 1. The quantitative estimate of drug-likeness (QED) is 0.175. The van der Waals surface area contributed by atoms with Crippen LogP contribution in [0.3, 0.4) is 0 Å². The smallest absolute Gasteiger partial charge is 0.344 e. The molecule has 0 spiro atoms. The van der Waals surface area contributed by atoms with Crippen molar-refractivity contribution >= 4 is 32.7 Å². The number of methoxy groups -OCH3 is 2. The maximum absolute atomic E-state index is 12.9. The lowest BCUT2D eigenvalue weighted by atomic mass is 9.99. The highest BCUT2D eigenvalue weighted by Crippen LogP contribution is 2.46. The third-order valence-corrected chi connectivity index (χ3v) is 6.00. The molecule has 5 N–H and O–H groups in total. The monoisotopic (exact) mass is 492 g/mol. The van der Waals surface area contributed by atoms with Gasteiger partial charge in [-0.15, -0.1) is 0 Å². The zero-order valence-corrected chi connectivity index (χ0v) is 18.3. The molecule has 186 valence electrons. The summed E-state index contributed by atoms with van der Waals surface area (Å²) in [5.41, 5.74) is -2.17. The topological polar surface area (TPSA) is 198 Å². The lowest BCUT2D eigenvalue weighted by Crippen LogP contribution is -2.60. The molecule has 0 aliphatic carbocycles. The molecule has 1 aliphatic heterocycles. The van der Waals surface area contributed by atoms with Crippen molar-refractivity contribution in [3.8, 4) is 23.0 Å². The van der Waals surface area contributed by atoms with Crippen molar-refractivity contribution < 1.29 is 53.3 Å². The fraction of sp³-hybridized carbons (Fsp3) is 0.364. The molecule has 1 saturated heterocycles. The predicted octanol–water partition coefficient (Wildman–Crippen LogP) is -0.608. The first kappa shape index (κ1) is 23.1. The molecule has 4 aromatic rings. The summed E-state index contributed by atoms with van der Waals surface area (Å²) >= 11 is 0. The summed E-state index contributed by atoms with van der Waals surface area (Å²) in [6, 6.07) is 2.32. The van der Waals surface area contributed by atoms with Gasteiger partial charge in [0.15, 0.2) is 22.7 Å². The van der Waals surface area contributed by atoms with E-state index in [0.717, 1.165) is 6.07 Å². The molecule has 35 heavy (non-hydrogen) atoms. The number of aromatic hydroxyl groups is 1. The Morgan fingerprint density at radius 1 is 0.857 bits per heavy atom. The highest BCUT2D eigenvalue weighted by molar-refractivity contribution is 6.22. The first-order valence-corrected chi connectivity index (χ1v) is 10.3. The number of hydrogen-bond donors (Lipinski definition) is 5. The first-order valence-electron chi connectivity index (χ1n) is 10.3. The number of aliphatic hydroxyl groups is 4. The highest BCUT2D eigenvalue weighted by atomic mass is 16.7. The molecule has 0 amide bonds. The zero-order valence-electron chi connectivity index (χ0n) is 18.3. The van der Waals surface area contributed by atoms with Crippen LogP contribution in [0.2, 0.25) is 0 Å². The van der Waals surface area contributed by atoms with Crippen molar-refractivity contribution in [1.82, 2.24) is 0 Å². The number of benzene rings is 2. The molecular formula is C22H20O13. The van der Waals surface area contributed by atoms with Crippen molar-refractivity contribution in [2.45, 2.75) is 30.7 Å². The second-order valence-electron chi connectivity index (χ2n) is 7.93. The molecular weight excluding hydrogens is 472 g/mol. The van der Waals surface area contributed by atoms with Crippen LogP contribution in [0.25, 0.3) is 32.7 Å². The van der Waals surface area contributed by atoms with Crippen LogP contribution < -0.4 is 25.5 Å². The molecule has 2 aromatic heterocycles. The average molecular weight is 492 g/mol. The largest absolute Gasteiger partial charge is 0.504 e. The number of aliphatic hydroxyl groups excluding tert-OH is 4. The second kappa shape index (κ2) is 8.25. The van der Waals surface area contributed by atoms with Crippen molar-refractivity contribution in [1.29, 1.82) is 0 Å². The van der Waals surface area contributed by atoms with Crippen molar-refractivity contribution in [3.05, 3.63) is 33.0 Å². The second-order valence-corrected chi connectivity index (χ2v) is 7.93. The third kappa shape index (κ3) is 3.28. The van der Waals surface area contributed by atoms with Crippen molar-refractivity contribution in [2.75, 3.05) is 20.8 Å². The van der Waals surface area contributed by atoms with Gasteiger partial charge in [-0.25, -0.2) is 9.59 Å². The maximum Gasteiger partial charge on any atom is 0.344 e. The van der Waals surface area contributed by atoms with E-state index in [9.17, 15) is 35.1 Å². The minimum Gasteiger partial charge on any atom is -0.504 e. The summed E-state index contributed by atoms with van der Waals surface area (Å²) in [5.74, 6) is -0.989. The van der Waals surface area contributed by atoms with Crippen LogP contribution in [0, 0.1) is 0 Å². The number of rotatable bonds is 5. The minimum absolute atomic E-state index is 0.0794. The Morgan fingerprint density at radius 2 is 1.43 bits per heavy atom. The highest BCUT2D eigenvalue weighted by Gasteiger charge is 2.45. The molecule has 2 aromatic carbocycles. The van der Waals surface area contributed by atoms with Gasteiger partial charge in [0.25, 0.3) is 0 Å². The van der Waals surface area contributed by atoms with Crippen LogP contribution in [-0.2, 0) is 4.74 Å². The Kier molecular flexibility index (Phi) is 5.45. The molecule has 3 heterocycles. The van der Waals surface area contributed by atoms with Crippen LogP contribution in [0.5, 0.6) is 23.0 Å². The number of hydrogen-bond acceptors (Lipinski definition) is 13. The molecule has 5 rings (SSSR count). The molecule has 1 aliphatic rings. The number of ether oxygens (including phenoxy) is 4. The Morgan fingerprint density at radius 3 is 2.00 bits per heavy atom. The molecule has 0 bridgehead atoms. The Balaban J connectivity index is 1.77. The van der Waals surface area contributed by atoms with Crippen LogP contribution >= 0.6 is 0 Å². The molecule has 5 atom stereocenters. The molecule has 13 nitrogen and oxygen atoms in total. The van der Waals surface area contributed by atoms with Gasteiger partial charge in [0.05, 0.1) is 31.6 Å². The van der Waals surface area contributed by atoms with E-state index in [1.54, 1.807) is 0 Å². The summed E-state index contributed by atoms with van der Waals surface area (Å²) in [6.45, 7) is -0.685. The maximum atomic E-state index is 12.9. The SMILES string of the molecule is COc1c(O)cc2c(=O)oc3c(OC)c(OC4O[C@H](CO)[C@@H](O)C(O)C4O)cc4c(=O)oc1c2c34. The summed E-state index contributed by atoms with van der Waals surface area (Å²) in [4.78, 5) is 25.7. The first-order chi connectivity index (χ1) is 16.7. The van der Waals surface area contributed by atoms with Crippen LogP contribution in [-0.4, -0.2) is 77.1 Å². The average Bonchev–Trinajstić information content (AvgIpc) is 2.83. The number of phenolic OH excluding ortho intramolecular Hbond substituents is 1. The van der Waals surface area contributed by atoms with E-state index in [1.165, 1.54) is 20.3 Å². The normalized spacial score (nSPS) is 24.9. The van der Waals surface area contributed by atoms with Gasteiger partial charge < -0.3 is 53.3 Å². The van der Waals surface area contributed by atoms with Crippen LogP contribution in [0.15, 0.2) is 30.6 Å². The molecule has 0 saturated carbocycles. The lowest BCUT2D eigenvalue weighted by Gasteiger charge is -2.39. The van der Waals surface area contributed by atoms with E-state index < -0.39 is 54.3 Å². The van der Waals surface area contributed by atoms with E-state index in [1.807, 2.05) is 0 Å². The molecule has 0 radical (unpaired) electrons. The van der Waals surface area contributed by atoms with E-state index in [2.05, 4.69) is 0 Å². The predicted molar refractivity (Wildman–Crippen MR) is 116 cm³/mol. The standard InChI is InChI=1S/C22H20O13/c1-30-16-8(24)3-6-11-12-7(21(29)34-18(11)16)4-9(17(31-2)19(12)35-20(6)28)32-22-15(27)14(26)13(25)10(5-23)33-22/h3-4,10,13-15,22-27H,5H2,1-2H3/t10-,13-,14?,15?,22?/m1/s1. The van der Waals surface area contributed by atoms with Crippen LogP contribution in [0.4, 0.5) is 0 Å². The van der Waals surface area contributed by atoms with Gasteiger partial charge in [-0.05, 0) is 12.1 Å². The fourth-order valence-corrected chi connectivity index (χ4v) is 4.32. The summed E-state index contributed by atoms with van der Waals surface area (Å²) < 4.78 is 32.3. The van der Waals surface area contributed by atoms with Gasteiger partial charge in [0.1, 0.15) is 24.4 Å². The van der Waals surface area contributed by atoms with E-state index >= 15 is 0 Å². The molecule has 3 unspecified atom stereocenters. The van der Waals surface area contributed by atoms with Gasteiger partial charge in [0, 0.05) is 10.8 Å². The Hall–Kier alpha value is -3.62. The van der Waals surface area contributed by atoms with Crippen molar-refractivity contribution in [3.63, 3.8) is 0 Å². The van der Waals surface area contributed by atoms with Gasteiger partial charge >= 0.3 is 11.3 Å². The summed E-state index contributed by atoms with van der Waals surface area (Å²) in [6.07, 6.45) is -7.94. The van der Waals surface area contributed by atoms with Gasteiger partial charge in [-0.3, -0.25) is 0 Å².